The topological polar surface area (TPSA) is 44.9 Å². The average molecular weight is 297 g/mol. The van der Waals surface area contributed by atoms with Gasteiger partial charge in [0.05, 0.1) is 5.03 Å². The van der Waals surface area contributed by atoms with Gasteiger partial charge in [0.15, 0.2) is 6.29 Å². The normalized spacial score (nSPS) is 35.2. The quantitative estimate of drug-likeness (QED) is 0.864. The molecule has 3 unspecified atom stereocenters. The van der Waals surface area contributed by atoms with Crippen LogP contribution in [0, 0.1) is 17.8 Å². The summed E-state index contributed by atoms with van der Waals surface area (Å²) in [5.41, 5.74) is 5.66. The maximum Gasteiger partial charge on any atom is 0.178 e. The second-order valence-electron chi connectivity index (χ2n) is 6.41. The molecule has 3 atom stereocenters. The Balaban J connectivity index is 1.49. The standard InChI is InChI=1S/C15H25ClN4/c1-19-10-13(16)9-18-15(19)20-6-3-11(4-7-20)14-8-12(14)2-5-17/h9-12,14-15H,2-8,17H2,1H3. The van der Waals surface area contributed by atoms with Crippen molar-refractivity contribution >= 4 is 17.8 Å². The van der Waals surface area contributed by atoms with Gasteiger partial charge in [0.2, 0.25) is 0 Å². The zero-order valence-electron chi connectivity index (χ0n) is 12.2. The third kappa shape index (κ3) is 3.02. The van der Waals surface area contributed by atoms with E-state index in [0.717, 1.165) is 37.4 Å². The van der Waals surface area contributed by atoms with Crippen LogP contribution in [0.15, 0.2) is 16.2 Å². The van der Waals surface area contributed by atoms with Gasteiger partial charge in [0.1, 0.15) is 0 Å². The van der Waals surface area contributed by atoms with Gasteiger partial charge in [-0.15, -0.1) is 0 Å². The van der Waals surface area contributed by atoms with Crippen LogP contribution in [0.1, 0.15) is 25.7 Å². The van der Waals surface area contributed by atoms with Crippen molar-refractivity contribution in [1.29, 1.82) is 0 Å². The summed E-state index contributed by atoms with van der Waals surface area (Å²) in [6.45, 7) is 3.15. The maximum atomic E-state index is 5.98. The first kappa shape index (κ1) is 14.4. The molecule has 1 saturated carbocycles. The smallest absolute Gasteiger partial charge is 0.178 e. The van der Waals surface area contributed by atoms with Crippen molar-refractivity contribution in [3.05, 3.63) is 11.2 Å². The first-order valence-corrected chi connectivity index (χ1v) is 8.13. The maximum absolute atomic E-state index is 5.98. The van der Waals surface area contributed by atoms with E-state index < -0.39 is 0 Å². The molecular formula is C15H25ClN4. The van der Waals surface area contributed by atoms with E-state index in [1.807, 2.05) is 13.2 Å². The van der Waals surface area contributed by atoms with Gasteiger partial charge in [-0.1, -0.05) is 11.6 Å². The summed E-state index contributed by atoms with van der Waals surface area (Å²) in [7, 11) is 2.05. The van der Waals surface area contributed by atoms with Crippen LogP contribution in [0.2, 0.25) is 0 Å². The first-order valence-electron chi connectivity index (χ1n) is 7.75. The molecule has 2 N–H and O–H groups in total. The van der Waals surface area contributed by atoms with Crippen molar-refractivity contribution in [3.8, 4) is 0 Å². The third-order valence-corrected chi connectivity index (χ3v) is 5.24. The lowest BCUT2D eigenvalue weighted by Gasteiger charge is -2.40. The molecule has 0 aromatic carbocycles. The number of hydrogen-bond acceptors (Lipinski definition) is 4. The van der Waals surface area contributed by atoms with E-state index in [1.165, 1.54) is 25.7 Å². The molecule has 5 heteroatoms. The van der Waals surface area contributed by atoms with Crippen molar-refractivity contribution < 1.29 is 0 Å². The summed E-state index contributed by atoms with van der Waals surface area (Å²) in [6, 6.07) is 0. The Bertz CT molecular complexity index is 401. The van der Waals surface area contributed by atoms with Crippen LogP contribution in [0.5, 0.6) is 0 Å². The fraction of sp³-hybridized carbons (Fsp3) is 0.800. The summed E-state index contributed by atoms with van der Waals surface area (Å²) >= 11 is 5.98. The molecular weight excluding hydrogens is 272 g/mol. The number of piperidine rings is 1. The van der Waals surface area contributed by atoms with E-state index in [0.29, 0.717) is 5.03 Å². The van der Waals surface area contributed by atoms with Gasteiger partial charge in [-0.2, -0.15) is 0 Å². The summed E-state index contributed by atoms with van der Waals surface area (Å²) in [5, 5.41) is 0.709. The largest absolute Gasteiger partial charge is 0.345 e. The van der Waals surface area contributed by atoms with Crippen LogP contribution in [0.4, 0.5) is 0 Å². The summed E-state index contributed by atoms with van der Waals surface area (Å²) in [4.78, 5) is 9.13. The van der Waals surface area contributed by atoms with Crippen molar-refractivity contribution in [2.24, 2.45) is 28.5 Å². The van der Waals surface area contributed by atoms with Crippen molar-refractivity contribution in [1.82, 2.24) is 9.80 Å². The number of aliphatic imine (C=N–C) groups is 1. The van der Waals surface area contributed by atoms with Gasteiger partial charge >= 0.3 is 0 Å². The molecule has 20 heavy (non-hydrogen) atoms. The molecule has 0 aromatic rings. The number of halogens is 1. The SMILES string of the molecule is CN1C=C(Cl)C=NC1N1CCC(C2CC2CCN)CC1. The lowest BCUT2D eigenvalue weighted by molar-refractivity contribution is 0.0575. The molecule has 0 amide bonds. The first-order chi connectivity index (χ1) is 9.69. The van der Waals surface area contributed by atoms with Crippen molar-refractivity contribution in [3.63, 3.8) is 0 Å². The van der Waals surface area contributed by atoms with E-state index >= 15 is 0 Å². The molecule has 112 valence electrons. The van der Waals surface area contributed by atoms with E-state index in [4.69, 9.17) is 17.3 Å². The Morgan fingerprint density at radius 1 is 1.40 bits per heavy atom. The van der Waals surface area contributed by atoms with Crippen LogP contribution in [-0.2, 0) is 0 Å². The zero-order chi connectivity index (χ0) is 14.1. The van der Waals surface area contributed by atoms with Crippen LogP contribution in [0.3, 0.4) is 0 Å². The summed E-state index contributed by atoms with van der Waals surface area (Å²) < 4.78 is 0. The highest BCUT2D eigenvalue weighted by molar-refractivity contribution is 6.39. The minimum atomic E-state index is 0.137. The summed E-state index contributed by atoms with van der Waals surface area (Å²) in [6.07, 6.45) is 9.13. The lowest BCUT2D eigenvalue weighted by atomic mass is 9.90. The number of nitrogens with zero attached hydrogens (tertiary/aromatic N) is 3. The monoisotopic (exact) mass is 296 g/mol. The Kier molecular flexibility index (Phi) is 4.34. The predicted molar refractivity (Wildman–Crippen MR) is 83.5 cm³/mol. The Morgan fingerprint density at radius 2 is 2.15 bits per heavy atom. The molecule has 0 aromatic heterocycles. The van der Waals surface area contributed by atoms with E-state index in [1.54, 1.807) is 6.21 Å². The fourth-order valence-corrected chi connectivity index (χ4v) is 4.07. The van der Waals surface area contributed by atoms with Gasteiger partial charge in [-0.05, 0) is 50.0 Å². The molecule has 2 aliphatic heterocycles. The van der Waals surface area contributed by atoms with Crippen molar-refractivity contribution in [2.45, 2.75) is 32.0 Å². The number of rotatable bonds is 4. The number of hydrogen-bond donors (Lipinski definition) is 1. The average Bonchev–Trinajstić information content (AvgIpc) is 3.19. The molecule has 4 nitrogen and oxygen atoms in total. The molecule has 1 saturated heterocycles. The van der Waals surface area contributed by atoms with Crippen LogP contribution in [-0.4, -0.2) is 49.0 Å². The van der Waals surface area contributed by atoms with Crippen molar-refractivity contribution in [2.75, 3.05) is 26.7 Å². The zero-order valence-corrected chi connectivity index (χ0v) is 13.0. The van der Waals surface area contributed by atoms with Crippen LogP contribution < -0.4 is 5.73 Å². The molecule has 3 rings (SSSR count). The highest BCUT2D eigenvalue weighted by Crippen LogP contribution is 2.49. The highest BCUT2D eigenvalue weighted by Gasteiger charge is 2.43. The predicted octanol–water partition coefficient (Wildman–Crippen LogP) is 2.06. The van der Waals surface area contributed by atoms with Crippen LogP contribution in [0.25, 0.3) is 0 Å². The third-order valence-electron chi connectivity index (χ3n) is 5.04. The second-order valence-corrected chi connectivity index (χ2v) is 6.85. The number of likely N-dealkylation sites (tertiary alicyclic amines) is 1. The van der Waals surface area contributed by atoms with E-state index in [-0.39, 0.29) is 6.29 Å². The van der Waals surface area contributed by atoms with E-state index in [2.05, 4.69) is 14.8 Å². The number of nitrogens with two attached hydrogens (primary N) is 1. The highest BCUT2D eigenvalue weighted by atomic mass is 35.5. The van der Waals surface area contributed by atoms with Crippen LogP contribution >= 0.6 is 11.6 Å². The Hall–Kier alpha value is -0.580. The van der Waals surface area contributed by atoms with E-state index in [9.17, 15) is 0 Å². The lowest BCUT2D eigenvalue weighted by Crippen LogP contribution is -2.48. The van der Waals surface area contributed by atoms with Gasteiger partial charge < -0.3 is 10.6 Å². The van der Waals surface area contributed by atoms with Gasteiger partial charge in [-0.3, -0.25) is 9.89 Å². The fourth-order valence-electron chi connectivity index (χ4n) is 3.86. The molecule has 3 aliphatic rings. The Morgan fingerprint density at radius 3 is 2.80 bits per heavy atom. The number of allylic oxidation sites excluding steroid dienone is 1. The minimum Gasteiger partial charge on any atom is -0.345 e. The molecule has 1 aliphatic carbocycles. The molecule has 0 bridgehead atoms. The molecule has 0 radical (unpaired) electrons. The van der Waals surface area contributed by atoms with Gasteiger partial charge in [0, 0.05) is 32.6 Å². The minimum absolute atomic E-state index is 0.137. The Labute approximate surface area is 126 Å². The summed E-state index contributed by atoms with van der Waals surface area (Å²) in [5.74, 6) is 2.80. The van der Waals surface area contributed by atoms with Gasteiger partial charge in [0.25, 0.3) is 0 Å². The molecule has 2 fully saturated rings. The second kappa shape index (κ2) is 6.04. The molecule has 2 heterocycles. The van der Waals surface area contributed by atoms with Gasteiger partial charge in [-0.25, -0.2) is 0 Å². The molecule has 0 spiro atoms.